The smallest absolute Gasteiger partial charge is 0.271 e. The lowest BCUT2D eigenvalue weighted by Crippen LogP contribution is -2.18. The summed E-state index contributed by atoms with van der Waals surface area (Å²) < 4.78 is 7.28. The highest BCUT2D eigenvalue weighted by molar-refractivity contribution is 5.94. The topological polar surface area (TPSA) is 72.4 Å². The molecule has 0 saturated heterocycles. The number of aryl methyl sites for hydroxylation is 3. The standard InChI is InChI=1S/C19H20N4O2/c1-13-9-14(2)23(22-13)12-16-5-4-6-17(10-16)19(24)21-20-11-18-8-7-15(3)25-18/h4-11H,12H2,1-3H3,(H,21,24)/b20-11-. The number of benzene rings is 1. The summed E-state index contributed by atoms with van der Waals surface area (Å²) in [6, 6.07) is 13.1. The molecule has 0 unspecified atom stereocenters. The first-order chi connectivity index (χ1) is 12.0. The van der Waals surface area contributed by atoms with Crippen LogP contribution in [0.2, 0.25) is 0 Å². The third-order valence-electron chi connectivity index (χ3n) is 3.74. The maximum Gasteiger partial charge on any atom is 0.271 e. The molecule has 3 aromatic rings. The van der Waals surface area contributed by atoms with Crippen molar-refractivity contribution >= 4 is 12.1 Å². The maximum atomic E-state index is 12.2. The number of rotatable bonds is 5. The fraction of sp³-hybridized carbons (Fsp3) is 0.211. The predicted molar refractivity (Wildman–Crippen MR) is 95.8 cm³/mol. The predicted octanol–water partition coefficient (Wildman–Crippen LogP) is 3.21. The Kier molecular flexibility index (Phi) is 4.79. The van der Waals surface area contributed by atoms with Gasteiger partial charge in [0.25, 0.3) is 5.91 Å². The number of hydrogen-bond acceptors (Lipinski definition) is 4. The van der Waals surface area contributed by atoms with E-state index in [1.165, 1.54) is 6.21 Å². The van der Waals surface area contributed by atoms with Crippen LogP contribution in [0.5, 0.6) is 0 Å². The van der Waals surface area contributed by atoms with E-state index >= 15 is 0 Å². The SMILES string of the molecule is Cc1cc(C)n(Cc2cccc(C(=O)N/N=C\c3ccc(C)o3)c2)n1. The number of amides is 1. The second-order valence-corrected chi connectivity index (χ2v) is 5.93. The molecule has 0 aliphatic rings. The van der Waals surface area contributed by atoms with Crippen molar-refractivity contribution in [2.45, 2.75) is 27.3 Å². The van der Waals surface area contributed by atoms with Crippen LogP contribution in [-0.4, -0.2) is 21.9 Å². The number of hydrazone groups is 1. The van der Waals surface area contributed by atoms with E-state index in [9.17, 15) is 4.79 Å². The number of furan rings is 1. The van der Waals surface area contributed by atoms with E-state index in [1.54, 1.807) is 12.1 Å². The Bertz CT molecular complexity index is 921. The van der Waals surface area contributed by atoms with E-state index < -0.39 is 0 Å². The molecule has 0 fully saturated rings. The molecule has 6 heteroatoms. The van der Waals surface area contributed by atoms with Crippen molar-refractivity contribution in [1.29, 1.82) is 0 Å². The lowest BCUT2D eigenvalue weighted by molar-refractivity contribution is 0.0955. The largest absolute Gasteiger partial charge is 0.460 e. The molecule has 2 heterocycles. The van der Waals surface area contributed by atoms with Gasteiger partial charge in [-0.25, -0.2) is 5.43 Å². The normalized spacial score (nSPS) is 11.2. The monoisotopic (exact) mass is 336 g/mol. The Morgan fingerprint density at radius 1 is 1.24 bits per heavy atom. The lowest BCUT2D eigenvalue weighted by atomic mass is 10.1. The average Bonchev–Trinajstić information content (AvgIpc) is 3.12. The van der Waals surface area contributed by atoms with Crippen molar-refractivity contribution in [1.82, 2.24) is 15.2 Å². The van der Waals surface area contributed by atoms with Gasteiger partial charge in [-0.3, -0.25) is 9.48 Å². The van der Waals surface area contributed by atoms with E-state index in [0.717, 1.165) is 22.7 Å². The Labute approximate surface area is 146 Å². The van der Waals surface area contributed by atoms with Gasteiger partial charge in [0, 0.05) is 11.3 Å². The van der Waals surface area contributed by atoms with Gasteiger partial charge in [-0.05, 0) is 56.7 Å². The van der Waals surface area contributed by atoms with E-state index in [2.05, 4.69) is 15.6 Å². The summed E-state index contributed by atoms with van der Waals surface area (Å²) in [5.41, 5.74) is 6.13. The molecule has 1 amide bonds. The van der Waals surface area contributed by atoms with E-state index in [1.807, 2.05) is 55.8 Å². The summed E-state index contributed by atoms with van der Waals surface area (Å²) >= 11 is 0. The summed E-state index contributed by atoms with van der Waals surface area (Å²) in [6.45, 7) is 6.45. The molecular weight excluding hydrogens is 316 g/mol. The summed E-state index contributed by atoms with van der Waals surface area (Å²) in [4.78, 5) is 12.2. The average molecular weight is 336 g/mol. The second kappa shape index (κ2) is 7.17. The van der Waals surface area contributed by atoms with E-state index in [-0.39, 0.29) is 5.91 Å². The molecule has 0 saturated carbocycles. The summed E-state index contributed by atoms with van der Waals surface area (Å²) in [5, 5.41) is 8.37. The highest BCUT2D eigenvalue weighted by Gasteiger charge is 2.07. The number of aromatic nitrogens is 2. The highest BCUT2D eigenvalue weighted by atomic mass is 16.3. The molecule has 1 aromatic carbocycles. The molecule has 3 rings (SSSR count). The van der Waals surface area contributed by atoms with Gasteiger partial charge in [-0.15, -0.1) is 0 Å². The van der Waals surface area contributed by atoms with Gasteiger partial charge >= 0.3 is 0 Å². The molecule has 25 heavy (non-hydrogen) atoms. The van der Waals surface area contributed by atoms with Crippen molar-refractivity contribution in [2.75, 3.05) is 0 Å². The lowest BCUT2D eigenvalue weighted by Gasteiger charge is -2.06. The number of nitrogens with one attached hydrogen (secondary N) is 1. The molecule has 0 atom stereocenters. The van der Waals surface area contributed by atoms with Gasteiger partial charge in [-0.1, -0.05) is 12.1 Å². The molecule has 0 aliphatic carbocycles. The van der Waals surface area contributed by atoms with Crippen LogP contribution in [0.4, 0.5) is 0 Å². The third kappa shape index (κ3) is 4.23. The number of carbonyl (C=O) groups excluding carboxylic acids is 1. The minimum atomic E-state index is -0.269. The van der Waals surface area contributed by atoms with Crippen molar-refractivity contribution in [3.63, 3.8) is 0 Å². The fourth-order valence-corrected chi connectivity index (χ4v) is 2.56. The second-order valence-electron chi connectivity index (χ2n) is 5.93. The van der Waals surface area contributed by atoms with Crippen molar-refractivity contribution in [2.24, 2.45) is 5.10 Å². The van der Waals surface area contributed by atoms with Crippen LogP contribution in [0.25, 0.3) is 0 Å². The molecule has 0 spiro atoms. The van der Waals surface area contributed by atoms with Gasteiger partial charge in [0.05, 0.1) is 18.5 Å². The highest BCUT2D eigenvalue weighted by Crippen LogP contribution is 2.10. The van der Waals surface area contributed by atoms with Crippen molar-refractivity contribution in [3.8, 4) is 0 Å². The van der Waals surface area contributed by atoms with Gasteiger partial charge in [-0.2, -0.15) is 10.2 Å². The first-order valence-corrected chi connectivity index (χ1v) is 8.01. The molecule has 0 radical (unpaired) electrons. The van der Waals surface area contributed by atoms with Gasteiger partial charge in [0.2, 0.25) is 0 Å². The Balaban J connectivity index is 1.67. The van der Waals surface area contributed by atoms with Crippen LogP contribution in [0.1, 0.15) is 38.8 Å². The molecular formula is C19H20N4O2. The van der Waals surface area contributed by atoms with Crippen LogP contribution in [-0.2, 0) is 6.54 Å². The van der Waals surface area contributed by atoms with Gasteiger partial charge in [0.1, 0.15) is 11.5 Å². The molecule has 128 valence electrons. The Morgan fingerprint density at radius 3 is 2.76 bits per heavy atom. The minimum absolute atomic E-state index is 0.269. The van der Waals surface area contributed by atoms with Crippen LogP contribution < -0.4 is 5.43 Å². The third-order valence-corrected chi connectivity index (χ3v) is 3.74. The molecule has 0 bridgehead atoms. The van der Waals surface area contributed by atoms with E-state index in [4.69, 9.17) is 4.42 Å². The molecule has 1 N–H and O–H groups in total. The fourth-order valence-electron chi connectivity index (χ4n) is 2.56. The zero-order chi connectivity index (χ0) is 17.8. The van der Waals surface area contributed by atoms with Crippen LogP contribution >= 0.6 is 0 Å². The molecule has 6 nitrogen and oxygen atoms in total. The quantitative estimate of drug-likeness (QED) is 0.574. The zero-order valence-electron chi connectivity index (χ0n) is 14.5. The van der Waals surface area contributed by atoms with Crippen LogP contribution in [0, 0.1) is 20.8 Å². The zero-order valence-corrected chi connectivity index (χ0v) is 14.5. The van der Waals surface area contributed by atoms with E-state index in [0.29, 0.717) is 17.9 Å². The first kappa shape index (κ1) is 16.7. The Morgan fingerprint density at radius 2 is 2.08 bits per heavy atom. The van der Waals surface area contributed by atoms with Gasteiger partial charge < -0.3 is 4.42 Å². The van der Waals surface area contributed by atoms with Gasteiger partial charge in [0.15, 0.2) is 0 Å². The van der Waals surface area contributed by atoms with Crippen molar-refractivity contribution < 1.29 is 9.21 Å². The number of hydrogen-bond donors (Lipinski definition) is 1. The summed E-state index contributed by atoms with van der Waals surface area (Å²) in [7, 11) is 0. The number of carbonyl (C=O) groups is 1. The first-order valence-electron chi connectivity index (χ1n) is 8.01. The Hall–Kier alpha value is -3.15. The maximum absolute atomic E-state index is 12.2. The van der Waals surface area contributed by atoms with Crippen LogP contribution in [0.15, 0.2) is 52.0 Å². The molecule has 2 aromatic heterocycles. The summed E-state index contributed by atoms with van der Waals surface area (Å²) in [5.74, 6) is 1.12. The van der Waals surface area contributed by atoms with Crippen molar-refractivity contribution in [3.05, 3.63) is 76.5 Å². The summed E-state index contributed by atoms with van der Waals surface area (Å²) in [6.07, 6.45) is 1.48. The van der Waals surface area contributed by atoms with Crippen LogP contribution in [0.3, 0.4) is 0 Å². The molecule has 0 aliphatic heterocycles. The number of nitrogens with zero attached hydrogens (tertiary/aromatic N) is 3. The minimum Gasteiger partial charge on any atom is -0.460 e.